The number of rotatable bonds is 11. The Morgan fingerprint density at radius 3 is 1.75 bits per heavy atom. The van der Waals surface area contributed by atoms with Crippen molar-refractivity contribution in [3.63, 3.8) is 0 Å². The van der Waals surface area contributed by atoms with Crippen molar-refractivity contribution in [3.8, 4) is 0 Å². The van der Waals surface area contributed by atoms with E-state index in [2.05, 4.69) is 24.3 Å². The van der Waals surface area contributed by atoms with Crippen LogP contribution in [0.5, 0.6) is 0 Å². The third-order valence-electron chi connectivity index (χ3n) is 13.7. The average molecular weight is 1070 g/mol. The van der Waals surface area contributed by atoms with Gasteiger partial charge in [0.05, 0.1) is 16.5 Å². The number of aliphatic hydroxyl groups is 1. The molecule has 2 aliphatic heterocycles. The van der Waals surface area contributed by atoms with E-state index in [-0.39, 0.29) is 39.2 Å². The molecule has 0 atom stereocenters. The third kappa shape index (κ3) is 9.61. The van der Waals surface area contributed by atoms with Crippen LogP contribution in [0.15, 0.2) is 137 Å². The molecule has 0 bridgehead atoms. The Balaban J connectivity index is 0.000000228. The van der Waals surface area contributed by atoms with Crippen molar-refractivity contribution < 1.29 is 68.3 Å². The molecule has 2 heterocycles. The first kappa shape index (κ1) is 52.7. The molecule has 392 valence electrons. The second-order valence-electron chi connectivity index (χ2n) is 18.8. The lowest BCUT2D eigenvalue weighted by Gasteiger charge is -2.41. The molecule has 0 amide bonds. The fraction of sp³-hybridized carbons (Fsp3) is 0.222. The van der Waals surface area contributed by atoms with Crippen LogP contribution < -0.4 is 36.5 Å². The molecule has 0 radical (unpaired) electrons. The molecule has 0 spiro atoms. The predicted molar refractivity (Wildman–Crippen MR) is 280 cm³/mol. The SMILES string of the molecule is CCC1(CC)N=c2ccc(=C3C(=O)C(=O)C(c4ccc5c6c(cccc46)NC(COS(=O)(=O)[O-])(COS(=O)(=O)[O-])N5)=C3O)c3cccc(c23)N1.CN(C)c1ccc(C2=C([O-])C(=C3C=CC(=[N+](C)C)C=C3)C(=O)C2=O)cc1. The molecule has 0 fully saturated rings. The summed E-state index contributed by atoms with van der Waals surface area (Å²) in [5, 5.41) is 36.9. The van der Waals surface area contributed by atoms with E-state index in [4.69, 9.17) is 4.99 Å². The van der Waals surface area contributed by atoms with Gasteiger partial charge in [-0.15, -0.1) is 0 Å². The van der Waals surface area contributed by atoms with E-state index in [9.17, 15) is 55.3 Å². The van der Waals surface area contributed by atoms with Gasteiger partial charge >= 0.3 is 0 Å². The number of ketones is 4. The molecule has 20 nitrogen and oxygen atoms in total. The number of aliphatic hydroxyl groups excluding tert-OH is 1. The maximum Gasteiger partial charge on any atom is 0.238 e. The Bertz CT molecular complexity index is 3910. The topological polar surface area (TPSA) is 299 Å². The Morgan fingerprint density at radius 2 is 1.18 bits per heavy atom. The number of carbonyl (C=O) groups excluding carboxylic acids is 4. The minimum Gasteiger partial charge on any atom is -0.871 e. The van der Waals surface area contributed by atoms with Crippen molar-refractivity contribution in [1.82, 2.24) is 0 Å². The van der Waals surface area contributed by atoms with Gasteiger partial charge in [0, 0.05) is 70.9 Å². The highest BCUT2D eigenvalue weighted by atomic mass is 32.3. The van der Waals surface area contributed by atoms with Gasteiger partial charge in [0.1, 0.15) is 38.7 Å². The highest BCUT2D eigenvalue weighted by molar-refractivity contribution is 7.81. The number of allylic oxidation sites excluding steroid dienone is 9. The lowest BCUT2D eigenvalue weighted by Crippen LogP contribution is -2.56. The molecule has 10 rings (SSSR count). The summed E-state index contributed by atoms with van der Waals surface area (Å²) in [6.45, 7) is 2.11. The van der Waals surface area contributed by atoms with Crippen molar-refractivity contribution in [2.24, 2.45) is 4.99 Å². The van der Waals surface area contributed by atoms with E-state index < -0.39 is 80.0 Å². The molecule has 5 aromatic rings. The molecule has 4 N–H and O–H groups in total. The summed E-state index contributed by atoms with van der Waals surface area (Å²) in [5.74, 6) is -4.34. The molecule has 0 aromatic heterocycles. The fourth-order valence-electron chi connectivity index (χ4n) is 9.81. The first-order chi connectivity index (χ1) is 35.9. The number of nitrogens with one attached hydrogen (secondary N) is 3. The van der Waals surface area contributed by atoms with Crippen molar-refractivity contribution in [1.29, 1.82) is 0 Å². The molecule has 22 heteroatoms. The maximum atomic E-state index is 13.7. The zero-order valence-electron chi connectivity index (χ0n) is 41.6. The van der Waals surface area contributed by atoms with Crippen LogP contribution in [0.3, 0.4) is 0 Å². The Kier molecular flexibility index (Phi) is 13.6. The zero-order valence-corrected chi connectivity index (χ0v) is 43.3. The van der Waals surface area contributed by atoms with Crippen LogP contribution in [0.1, 0.15) is 37.8 Å². The quantitative estimate of drug-likeness (QED) is 0.0484. The summed E-state index contributed by atoms with van der Waals surface area (Å²) in [6.07, 6.45) is 8.51. The summed E-state index contributed by atoms with van der Waals surface area (Å²) in [5.41, 5.74) is 1.36. The lowest BCUT2D eigenvalue weighted by molar-refractivity contribution is -0.462. The van der Waals surface area contributed by atoms with Gasteiger partial charge in [-0.2, -0.15) is 0 Å². The van der Waals surface area contributed by atoms with E-state index in [1.165, 1.54) is 18.2 Å². The number of Topliss-reactive ketones (excluding diaryl/α,β-unsaturated/α-hetero) is 4. The first-order valence-corrected chi connectivity index (χ1v) is 26.3. The summed E-state index contributed by atoms with van der Waals surface area (Å²) < 4.78 is 78.4. The van der Waals surface area contributed by atoms with Crippen LogP contribution in [0, 0.1) is 0 Å². The van der Waals surface area contributed by atoms with Crippen molar-refractivity contribution in [2.75, 3.05) is 62.3 Å². The molecule has 76 heavy (non-hydrogen) atoms. The minimum absolute atomic E-state index is 0.0491. The number of carbonyl (C=O) groups is 4. The molecular formula is C54H48N6O14S2-2. The second kappa shape index (κ2) is 19.5. The standard InChI is InChI=1S/C33H30N4O11S2.C21H20N2O3/c1-3-32(4-2)34-21-9-5-7-17-19(11-13-23(35-32)25(17)21)27-29(38)28(31(40)30(27)39)20-12-14-24-26-18(20)8-6-10-22(26)36-33(37-24,15-47-49(41,42)43)16-48-50(44,45)46;1-22(2)15-9-5-13(6-10-15)17-19(24)18(21(26)20(17)25)14-7-11-16(12-8-14)23(3)4/h5-14,34,36-38H,3-4,15-16H2,1-2H3,(H,41,42,43)(H,44,45,46);5-12H,1-4H3/p-2. The molecule has 5 aliphatic rings. The summed E-state index contributed by atoms with van der Waals surface area (Å²) in [7, 11) is -2.91. The fourth-order valence-corrected chi connectivity index (χ4v) is 10.5. The average Bonchev–Trinajstić information content (AvgIpc) is 3.76. The summed E-state index contributed by atoms with van der Waals surface area (Å²) in [6, 6.07) is 23.6. The highest BCUT2D eigenvalue weighted by Gasteiger charge is 2.42. The maximum absolute atomic E-state index is 13.7. The van der Waals surface area contributed by atoms with E-state index in [0.29, 0.717) is 32.5 Å². The smallest absolute Gasteiger partial charge is 0.238 e. The number of hydrogen-bond donors (Lipinski definition) is 4. The molecule has 3 aliphatic carbocycles. The third-order valence-corrected chi connectivity index (χ3v) is 14.5. The van der Waals surface area contributed by atoms with Gasteiger partial charge in [0.15, 0.2) is 11.4 Å². The largest absolute Gasteiger partial charge is 0.871 e. The first-order valence-electron chi connectivity index (χ1n) is 23.6. The molecule has 0 unspecified atom stereocenters. The molecule has 5 aromatic carbocycles. The molecule has 0 saturated carbocycles. The van der Waals surface area contributed by atoms with Gasteiger partial charge < -0.3 is 40.2 Å². The van der Waals surface area contributed by atoms with E-state index in [1.807, 2.05) is 87.9 Å². The normalized spacial score (nSPS) is 18.2. The predicted octanol–water partition coefficient (Wildman–Crippen LogP) is 3.43. The zero-order chi connectivity index (χ0) is 54.8. The van der Waals surface area contributed by atoms with Gasteiger partial charge in [0.2, 0.25) is 43.9 Å². The van der Waals surface area contributed by atoms with Crippen LogP contribution in [-0.4, -0.2) is 117 Å². The molecule has 0 saturated heterocycles. The van der Waals surface area contributed by atoms with E-state index >= 15 is 0 Å². The van der Waals surface area contributed by atoms with Crippen molar-refractivity contribution >= 4 is 111 Å². The Morgan fingerprint density at radius 1 is 0.645 bits per heavy atom. The van der Waals surface area contributed by atoms with Gasteiger partial charge in [-0.3, -0.25) is 32.5 Å². The van der Waals surface area contributed by atoms with Crippen LogP contribution >= 0.6 is 0 Å². The number of benzene rings is 5. The highest BCUT2D eigenvalue weighted by Crippen LogP contribution is 2.44. The van der Waals surface area contributed by atoms with Crippen LogP contribution in [-0.2, 0) is 48.3 Å². The van der Waals surface area contributed by atoms with E-state index in [1.54, 1.807) is 54.6 Å². The van der Waals surface area contributed by atoms with Crippen LogP contribution in [0.2, 0.25) is 0 Å². The Hall–Kier alpha value is -8.12. The van der Waals surface area contributed by atoms with Gasteiger partial charge in [0.25, 0.3) is 0 Å². The number of nitrogens with zero attached hydrogens (tertiary/aromatic N) is 3. The van der Waals surface area contributed by atoms with Crippen LogP contribution in [0.4, 0.5) is 22.7 Å². The monoisotopic (exact) mass is 1070 g/mol. The number of anilines is 4. The van der Waals surface area contributed by atoms with Crippen molar-refractivity contribution in [2.45, 2.75) is 38.0 Å². The summed E-state index contributed by atoms with van der Waals surface area (Å²) in [4.78, 5) is 59.2. The number of hydrogen-bond acceptors (Lipinski definition) is 19. The molecular weight excluding hydrogens is 1020 g/mol. The van der Waals surface area contributed by atoms with Gasteiger partial charge in [-0.25, -0.2) is 21.4 Å². The van der Waals surface area contributed by atoms with Gasteiger partial charge in [-0.1, -0.05) is 68.1 Å². The summed E-state index contributed by atoms with van der Waals surface area (Å²) >= 11 is 0. The minimum atomic E-state index is -5.26. The van der Waals surface area contributed by atoms with Crippen molar-refractivity contribution in [3.05, 3.63) is 154 Å². The Labute approximate surface area is 436 Å². The lowest BCUT2D eigenvalue weighted by atomic mass is 9.92. The second-order valence-corrected chi connectivity index (χ2v) is 20.9. The van der Waals surface area contributed by atoms with Crippen LogP contribution in [0.25, 0.3) is 38.3 Å². The van der Waals surface area contributed by atoms with Gasteiger partial charge in [-0.05, 0) is 94.1 Å². The van der Waals surface area contributed by atoms with E-state index in [0.717, 1.165) is 40.7 Å².